The van der Waals surface area contributed by atoms with Gasteiger partial charge in [0.05, 0.1) is 6.61 Å². The van der Waals surface area contributed by atoms with E-state index in [0.29, 0.717) is 0 Å². The van der Waals surface area contributed by atoms with Gasteiger partial charge >= 0.3 is 0 Å². The second-order valence-electron chi connectivity index (χ2n) is 6.41. The molecule has 0 aliphatic carbocycles. The number of benzene rings is 3. The summed E-state index contributed by atoms with van der Waals surface area (Å²) in [6.45, 7) is 3.02. The van der Waals surface area contributed by atoms with Crippen molar-refractivity contribution in [3.63, 3.8) is 0 Å². The molecule has 0 bridgehead atoms. The summed E-state index contributed by atoms with van der Waals surface area (Å²) in [7, 11) is 0. The Bertz CT molecular complexity index is 810. The quantitative estimate of drug-likeness (QED) is 0.307. The van der Waals surface area contributed by atoms with Gasteiger partial charge in [-0.15, -0.1) is 0 Å². The highest BCUT2D eigenvalue weighted by molar-refractivity contribution is 6.31. The second kappa shape index (κ2) is 8.39. The molecule has 0 fully saturated rings. The Hall–Kier alpha value is -1.73. The smallest absolute Gasteiger partial charge is 0.134 e. The van der Waals surface area contributed by atoms with Crippen LogP contribution in [-0.2, 0) is 0 Å². The molecule has 0 saturated heterocycles. The fourth-order valence-electron chi connectivity index (χ4n) is 3.21. The van der Waals surface area contributed by atoms with E-state index >= 15 is 0 Å². The summed E-state index contributed by atoms with van der Waals surface area (Å²) >= 11 is 6.22. The van der Waals surface area contributed by atoms with Gasteiger partial charge in [-0.3, -0.25) is 0 Å². The van der Waals surface area contributed by atoms with Crippen molar-refractivity contribution in [1.29, 1.82) is 0 Å². The van der Waals surface area contributed by atoms with Gasteiger partial charge in [-0.2, -0.15) is 0 Å². The molecular weight excluding hydrogens is 316 g/mol. The van der Waals surface area contributed by atoms with Crippen LogP contribution >= 0.6 is 11.6 Å². The number of ether oxygens (including phenoxy) is 1. The molecule has 3 aromatic carbocycles. The molecule has 0 aromatic heterocycles. The third-order valence-corrected chi connectivity index (χ3v) is 4.76. The molecule has 3 aromatic rings. The minimum atomic E-state index is 0.752. The summed E-state index contributed by atoms with van der Waals surface area (Å²) < 4.78 is 6.24. The van der Waals surface area contributed by atoms with Crippen LogP contribution in [0.25, 0.3) is 21.5 Å². The first-order chi connectivity index (χ1) is 11.8. The normalized spacial score (nSPS) is 11.2. The van der Waals surface area contributed by atoms with E-state index in [-0.39, 0.29) is 0 Å². The molecule has 0 heterocycles. The van der Waals surface area contributed by atoms with Gasteiger partial charge in [-0.1, -0.05) is 81.0 Å². The van der Waals surface area contributed by atoms with Crippen molar-refractivity contribution in [2.75, 3.05) is 6.61 Å². The number of unbranched alkanes of at least 4 members (excludes halogenated alkanes) is 5. The lowest BCUT2D eigenvalue weighted by molar-refractivity contribution is 0.311. The third-order valence-electron chi connectivity index (χ3n) is 4.52. The van der Waals surface area contributed by atoms with E-state index in [1.54, 1.807) is 0 Å². The highest BCUT2D eigenvalue weighted by Crippen LogP contribution is 2.36. The zero-order chi connectivity index (χ0) is 16.8. The van der Waals surface area contributed by atoms with Crippen molar-refractivity contribution in [1.82, 2.24) is 0 Å². The SMILES string of the molecule is CCCCCCCCOc1c2ccccc2cc2ccc(Cl)cc12. The molecule has 24 heavy (non-hydrogen) atoms. The Balaban J connectivity index is 1.80. The van der Waals surface area contributed by atoms with Gasteiger partial charge < -0.3 is 4.74 Å². The largest absolute Gasteiger partial charge is 0.492 e. The molecule has 0 atom stereocenters. The summed E-state index contributed by atoms with van der Waals surface area (Å²) in [5.74, 6) is 0.971. The molecule has 0 spiro atoms. The van der Waals surface area contributed by atoms with Crippen molar-refractivity contribution in [2.24, 2.45) is 0 Å². The minimum absolute atomic E-state index is 0.752. The molecular formula is C22H25ClO. The van der Waals surface area contributed by atoms with E-state index in [9.17, 15) is 0 Å². The summed E-state index contributed by atoms with van der Waals surface area (Å²) in [5, 5.41) is 5.41. The van der Waals surface area contributed by atoms with Crippen molar-refractivity contribution in [3.05, 3.63) is 53.6 Å². The summed E-state index contributed by atoms with van der Waals surface area (Å²) in [6, 6.07) is 16.6. The van der Waals surface area contributed by atoms with Gasteiger partial charge in [0.15, 0.2) is 0 Å². The van der Waals surface area contributed by atoms with Gasteiger partial charge in [0.2, 0.25) is 0 Å². The lowest BCUT2D eigenvalue weighted by atomic mass is 10.0. The Labute approximate surface area is 149 Å². The van der Waals surface area contributed by atoms with Crippen molar-refractivity contribution in [3.8, 4) is 5.75 Å². The van der Waals surface area contributed by atoms with Gasteiger partial charge in [0.25, 0.3) is 0 Å². The Morgan fingerprint density at radius 3 is 2.42 bits per heavy atom. The fourth-order valence-corrected chi connectivity index (χ4v) is 3.38. The van der Waals surface area contributed by atoms with Crippen molar-refractivity contribution in [2.45, 2.75) is 45.4 Å². The summed E-state index contributed by atoms with van der Waals surface area (Å²) in [4.78, 5) is 0. The van der Waals surface area contributed by atoms with Crippen molar-refractivity contribution >= 4 is 33.1 Å². The fraction of sp³-hybridized carbons (Fsp3) is 0.364. The van der Waals surface area contributed by atoms with Crippen LogP contribution in [0.15, 0.2) is 48.5 Å². The molecule has 2 heteroatoms. The number of halogens is 1. The average Bonchev–Trinajstić information content (AvgIpc) is 2.60. The topological polar surface area (TPSA) is 9.23 Å². The van der Waals surface area contributed by atoms with Gasteiger partial charge in [-0.25, -0.2) is 0 Å². The second-order valence-corrected chi connectivity index (χ2v) is 6.84. The highest BCUT2D eigenvalue weighted by atomic mass is 35.5. The molecule has 0 N–H and O–H groups in total. The minimum Gasteiger partial charge on any atom is -0.492 e. The van der Waals surface area contributed by atoms with E-state index in [1.165, 1.54) is 48.3 Å². The third kappa shape index (κ3) is 4.02. The number of rotatable bonds is 8. The lowest BCUT2D eigenvalue weighted by Crippen LogP contribution is -1.99. The number of fused-ring (bicyclic) bond motifs is 2. The first-order valence-corrected chi connectivity index (χ1v) is 9.41. The zero-order valence-corrected chi connectivity index (χ0v) is 15.1. The maximum Gasteiger partial charge on any atom is 0.134 e. The number of hydrogen-bond acceptors (Lipinski definition) is 1. The van der Waals surface area contributed by atoms with E-state index in [4.69, 9.17) is 16.3 Å². The van der Waals surface area contributed by atoms with Gasteiger partial charge in [-0.05, 0) is 35.4 Å². The van der Waals surface area contributed by atoms with Crippen LogP contribution in [0.3, 0.4) is 0 Å². The molecule has 0 radical (unpaired) electrons. The van der Waals surface area contributed by atoms with Gasteiger partial charge in [0, 0.05) is 15.8 Å². The van der Waals surface area contributed by atoms with E-state index in [2.05, 4.69) is 43.3 Å². The molecule has 0 saturated carbocycles. The van der Waals surface area contributed by atoms with E-state index in [0.717, 1.165) is 29.2 Å². The van der Waals surface area contributed by atoms with Crippen molar-refractivity contribution < 1.29 is 4.74 Å². The van der Waals surface area contributed by atoms with E-state index in [1.807, 2.05) is 12.1 Å². The molecule has 1 nitrogen and oxygen atoms in total. The molecule has 0 aliphatic heterocycles. The highest BCUT2D eigenvalue weighted by Gasteiger charge is 2.09. The van der Waals surface area contributed by atoms with E-state index < -0.39 is 0 Å². The molecule has 0 unspecified atom stereocenters. The Morgan fingerprint density at radius 2 is 1.54 bits per heavy atom. The van der Waals surface area contributed by atoms with Crippen LogP contribution in [0.5, 0.6) is 5.75 Å². The molecule has 3 rings (SSSR count). The van der Waals surface area contributed by atoms with Crippen LogP contribution in [-0.4, -0.2) is 6.61 Å². The van der Waals surface area contributed by atoms with Crippen LogP contribution in [0.1, 0.15) is 45.4 Å². The Kier molecular flexibility index (Phi) is 5.98. The van der Waals surface area contributed by atoms with Crippen LogP contribution in [0.4, 0.5) is 0 Å². The summed E-state index contributed by atoms with van der Waals surface area (Å²) in [6.07, 6.45) is 7.62. The van der Waals surface area contributed by atoms with Gasteiger partial charge in [0.1, 0.15) is 5.75 Å². The standard InChI is InChI=1S/C22H25ClO/c1-2-3-4-5-6-9-14-24-22-20-11-8-7-10-17(20)15-18-12-13-19(23)16-21(18)22/h7-8,10-13,15-16H,2-6,9,14H2,1H3. The van der Waals surface area contributed by atoms with Crippen LogP contribution in [0.2, 0.25) is 5.02 Å². The van der Waals surface area contributed by atoms with Crippen LogP contribution in [0, 0.1) is 0 Å². The zero-order valence-electron chi connectivity index (χ0n) is 14.4. The number of hydrogen-bond donors (Lipinski definition) is 0. The summed E-state index contributed by atoms with van der Waals surface area (Å²) in [5.41, 5.74) is 0. The predicted molar refractivity (Wildman–Crippen MR) is 105 cm³/mol. The first kappa shape index (κ1) is 17.1. The monoisotopic (exact) mass is 340 g/mol. The molecule has 126 valence electrons. The predicted octanol–water partition coefficient (Wildman–Crippen LogP) is 7.39. The average molecular weight is 341 g/mol. The van der Waals surface area contributed by atoms with Crippen LogP contribution < -0.4 is 4.74 Å². The lowest BCUT2D eigenvalue weighted by Gasteiger charge is -2.13. The Morgan fingerprint density at radius 1 is 0.792 bits per heavy atom. The maximum absolute atomic E-state index is 6.24. The molecule has 0 amide bonds. The maximum atomic E-state index is 6.24. The first-order valence-electron chi connectivity index (χ1n) is 9.03. The molecule has 0 aliphatic rings.